The number of hydrogen-bond acceptors (Lipinski definition) is 2. The maximum atomic E-state index is 6.29. The van der Waals surface area contributed by atoms with Crippen LogP contribution in [0.5, 0.6) is 0 Å². The second-order valence-corrected chi connectivity index (χ2v) is 8.08. The number of hydrogen-bond donors (Lipinski definition) is 0. The first kappa shape index (κ1) is 15.2. The van der Waals surface area contributed by atoms with E-state index < -0.39 is 0 Å². The van der Waals surface area contributed by atoms with E-state index in [2.05, 4.69) is 72.6 Å². The lowest BCUT2D eigenvalue weighted by molar-refractivity contribution is 0.590. The molecule has 0 unspecified atom stereocenters. The molecule has 0 aliphatic heterocycles. The molecule has 0 amide bonds. The molecule has 0 bridgehead atoms. The van der Waals surface area contributed by atoms with Crippen molar-refractivity contribution in [1.29, 1.82) is 0 Å². The third-order valence-corrected chi connectivity index (χ3v) is 5.47. The summed E-state index contributed by atoms with van der Waals surface area (Å²) in [7, 11) is 0. The topological polar surface area (TPSA) is 25.8 Å². The van der Waals surface area contributed by atoms with Gasteiger partial charge < -0.3 is 0 Å². The molecule has 110 valence electrons. The molecule has 0 radical (unpaired) electrons. The predicted octanol–water partition coefficient (Wildman–Crippen LogP) is 5.58. The van der Waals surface area contributed by atoms with Gasteiger partial charge in [0.1, 0.15) is 5.15 Å². The van der Waals surface area contributed by atoms with Gasteiger partial charge in [0.25, 0.3) is 0 Å². The van der Waals surface area contributed by atoms with Crippen molar-refractivity contribution in [3.8, 4) is 11.4 Å². The normalized spacial score (nSPS) is 15.3. The molecule has 1 saturated carbocycles. The molecule has 1 fully saturated rings. The van der Waals surface area contributed by atoms with Gasteiger partial charge in [0.2, 0.25) is 0 Å². The Labute approximate surface area is 144 Å². The summed E-state index contributed by atoms with van der Waals surface area (Å²) in [5.41, 5.74) is 3.61. The zero-order valence-corrected chi connectivity index (χ0v) is 15.4. The summed E-state index contributed by atoms with van der Waals surface area (Å²) in [6.45, 7) is 6.64. The van der Waals surface area contributed by atoms with E-state index in [1.54, 1.807) is 0 Å². The summed E-state index contributed by atoms with van der Waals surface area (Å²) in [6, 6.07) is 8.49. The first-order valence-electron chi connectivity index (χ1n) is 7.20. The van der Waals surface area contributed by atoms with Crippen LogP contribution in [0.2, 0.25) is 5.15 Å². The summed E-state index contributed by atoms with van der Waals surface area (Å²) < 4.78 is 1.01. The molecule has 21 heavy (non-hydrogen) atoms. The number of nitrogens with zero attached hydrogens (tertiary/aromatic N) is 2. The van der Waals surface area contributed by atoms with Crippen LogP contribution in [0.25, 0.3) is 11.4 Å². The summed E-state index contributed by atoms with van der Waals surface area (Å²) in [4.78, 5) is 9.21. The molecule has 4 heteroatoms. The predicted molar refractivity (Wildman–Crippen MR) is 95.9 cm³/mol. The molecule has 1 aromatic heterocycles. The Morgan fingerprint density at radius 2 is 1.71 bits per heavy atom. The quantitative estimate of drug-likeness (QED) is 0.475. The fraction of sp³-hybridized carbons (Fsp3) is 0.412. The van der Waals surface area contributed by atoms with E-state index in [4.69, 9.17) is 16.6 Å². The number of halogens is 2. The van der Waals surface area contributed by atoms with Crippen molar-refractivity contribution in [1.82, 2.24) is 9.97 Å². The second-order valence-electron chi connectivity index (χ2n) is 6.64. The molecule has 2 aromatic rings. The van der Waals surface area contributed by atoms with Gasteiger partial charge in [0.05, 0.1) is 9.26 Å². The highest BCUT2D eigenvalue weighted by molar-refractivity contribution is 14.1. The lowest BCUT2D eigenvalue weighted by Crippen LogP contribution is -2.10. The van der Waals surface area contributed by atoms with Gasteiger partial charge in [0.15, 0.2) is 5.82 Å². The van der Waals surface area contributed by atoms with Gasteiger partial charge >= 0.3 is 0 Å². The SMILES string of the molecule is CC(C)(C)c1ccc(-c2nc(Cl)c(I)c(C3CC3)n2)cc1. The molecule has 2 nitrogen and oxygen atoms in total. The Kier molecular flexibility index (Phi) is 3.99. The number of benzene rings is 1. The standard InChI is InChI=1S/C17H18ClIN2/c1-17(2,3)12-8-6-11(7-9-12)16-20-14(10-4-5-10)13(19)15(18)21-16/h6-10H,4-5H2,1-3H3. The minimum absolute atomic E-state index is 0.155. The van der Waals surface area contributed by atoms with E-state index >= 15 is 0 Å². The van der Waals surface area contributed by atoms with Crippen LogP contribution in [-0.2, 0) is 5.41 Å². The molecule has 1 aromatic carbocycles. The first-order chi connectivity index (χ1) is 9.86. The third-order valence-electron chi connectivity index (χ3n) is 3.81. The number of rotatable bonds is 2. The van der Waals surface area contributed by atoms with E-state index in [-0.39, 0.29) is 5.41 Å². The van der Waals surface area contributed by atoms with Gasteiger partial charge in [0, 0.05) is 11.5 Å². The van der Waals surface area contributed by atoms with Crippen molar-refractivity contribution < 1.29 is 0 Å². The lowest BCUT2D eigenvalue weighted by Gasteiger charge is -2.19. The summed E-state index contributed by atoms with van der Waals surface area (Å²) in [5, 5.41) is 0.572. The smallest absolute Gasteiger partial charge is 0.161 e. The van der Waals surface area contributed by atoms with Crippen LogP contribution in [0.15, 0.2) is 24.3 Å². The van der Waals surface area contributed by atoms with E-state index in [0.717, 1.165) is 20.7 Å². The van der Waals surface area contributed by atoms with Crippen LogP contribution in [0, 0.1) is 3.57 Å². The van der Waals surface area contributed by atoms with Crippen LogP contribution >= 0.6 is 34.2 Å². The van der Waals surface area contributed by atoms with Crippen LogP contribution in [0.3, 0.4) is 0 Å². The molecular formula is C17H18ClIN2. The van der Waals surface area contributed by atoms with Gasteiger partial charge in [-0.1, -0.05) is 56.6 Å². The van der Waals surface area contributed by atoms with Crippen molar-refractivity contribution in [3.63, 3.8) is 0 Å². The number of aromatic nitrogens is 2. The van der Waals surface area contributed by atoms with Gasteiger partial charge in [-0.25, -0.2) is 9.97 Å². The van der Waals surface area contributed by atoms with Gasteiger partial charge in [-0.3, -0.25) is 0 Å². The summed E-state index contributed by atoms with van der Waals surface area (Å²) in [6.07, 6.45) is 2.43. The lowest BCUT2D eigenvalue weighted by atomic mass is 9.87. The molecule has 0 N–H and O–H groups in total. The van der Waals surface area contributed by atoms with Crippen molar-refractivity contribution in [2.45, 2.75) is 44.9 Å². The second kappa shape index (κ2) is 5.51. The molecule has 1 aliphatic rings. The van der Waals surface area contributed by atoms with Crippen LogP contribution < -0.4 is 0 Å². The average molecular weight is 413 g/mol. The Balaban J connectivity index is 2.00. The molecule has 1 aliphatic carbocycles. The Bertz CT molecular complexity index is 670. The maximum absolute atomic E-state index is 6.29. The van der Waals surface area contributed by atoms with Crippen LogP contribution in [0.4, 0.5) is 0 Å². The first-order valence-corrected chi connectivity index (χ1v) is 8.66. The van der Waals surface area contributed by atoms with Gasteiger partial charge in [-0.15, -0.1) is 0 Å². The van der Waals surface area contributed by atoms with Crippen molar-refractivity contribution in [2.24, 2.45) is 0 Å². The third kappa shape index (κ3) is 3.24. The molecule has 0 atom stereocenters. The Morgan fingerprint density at radius 3 is 2.24 bits per heavy atom. The summed E-state index contributed by atoms with van der Waals surface area (Å²) >= 11 is 8.54. The van der Waals surface area contributed by atoms with E-state index in [1.165, 1.54) is 18.4 Å². The van der Waals surface area contributed by atoms with Gasteiger partial charge in [-0.2, -0.15) is 0 Å². The fourth-order valence-corrected chi connectivity index (χ4v) is 3.17. The van der Waals surface area contributed by atoms with E-state index in [0.29, 0.717) is 11.1 Å². The highest BCUT2D eigenvalue weighted by Crippen LogP contribution is 2.42. The molecule has 3 rings (SSSR count). The Hall–Kier alpha value is -0.680. The highest BCUT2D eigenvalue weighted by atomic mass is 127. The zero-order valence-electron chi connectivity index (χ0n) is 12.5. The molecule has 1 heterocycles. The minimum atomic E-state index is 0.155. The molecular weight excluding hydrogens is 395 g/mol. The van der Waals surface area contributed by atoms with Crippen molar-refractivity contribution >= 4 is 34.2 Å². The van der Waals surface area contributed by atoms with Crippen LogP contribution in [0.1, 0.15) is 50.8 Å². The monoisotopic (exact) mass is 412 g/mol. The van der Waals surface area contributed by atoms with Crippen molar-refractivity contribution in [2.75, 3.05) is 0 Å². The average Bonchev–Trinajstić information content (AvgIpc) is 3.25. The fourth-order valence-electron chi connectivity index (χ4n) is 2.31. The zero-order chi connectivity index (χ0) is 15.2. The van der Waals surface area contributed by atoms with E-state index in [1.807, 2.05) is 0 Å². The van der Waals surface area contributed by atoms with Gasteiger partial charge in [-0.05, 0) is 46.4 Å². The largest absolute Gasteiger partial charge is 0.232 e. The molecule has 0 spiro atoms. The highest BCUT2D eigenvalue weighted by Gasteiger charge is 2.29. The van der Waals surface area contributed by atoms with Crippen molar-refractivity contribution in [3.05, 3.63) is 44.2 Å². The molecule has 0 saturated heterocycles. The van der Waals surface area contributed by atoms with Crippen LogP contribution in [-0.4, -0.2) is 9.97 Å². The Morgan fingerprint density at radius 1 is 1.10 bits per heavy atom. The summed E-state index contributed by atoms with van der Waals surface area (Å²) in [5.74, 6) is 1.31. The van der Waals surface area contributed by atoms with E-state index in [9.17, 15) is 0 Å². The minimum Gasteiger partial charge on any atom is -0.232 e. The maximum Gasteiger partial charge on any atom is 0.161 e.